The molecule has 0 atom stereocenters. The van der Waals surface area contributed by atoms with Crippen LogP contribution in [0, 0.1) is 0 Å². The molecule has 0 radical (unpaired) electrons. The second kappa shape index (κ2) is 11.2. The standard InChI is InChI=1S/C11H24N4O2/c1-4-12-11(15-8-9-17-5-2)14-7-6-13-10(3)16/h4-9H2,1-3H3,(H,13,16)(H2,12,14,15). The lowest BCUT2D eigenvalue weighted by molar-refractivity contribution is -0.118. The molecule has 6 nitrogen and oxygen atoms in total. The lowest BCUT2D eigenvalue weighted by atomic mass is 10.5. The largest absolute Gasteiger partial charge is 0.380 e. The van der Waals surface area contributed by atoms with Gasteiger partial charge in [-0.15, -0.1) is 0 Å². The Kier molecular flexibility index (Phi) is 10.3. The minimum absolute atomic E-state index is 0.0231. The molecule has 0 aromatic rings. The molecule has 0 aromatic carbocycles. The van der Waals surface area contributed by atoms with E-state index in [4.69, 9.17) is 4.74 Å². The lowest BCUT2D eigenvalue weighted by Crippen LogP contribution is -2.41. The van der Waals surface area contributed by atoms with Gasteiger partial charge in [0.2, 0.25) is 5.91 Å². The van der Waals surface area contributed by atoms with E-state index in [1.165, 1.54) is 6.92 Å². The molecule has 0 aliphatic heterocycles. The highest BCUT2D eigenvalue weighted by molar-refractivity contribution is 5.79. The summed E-state index contributed by atoms with van der Waals surface area (Å²) in [4.78, 5) is 15.0. The molecule has 6 heteroatoms. The number of hydrogen-bond donors (Lipinski definition) is 3. The maximum absolute atomic E-state index is 10.7. The van der Waals surface area contributed by atoms with Crippen molar-refractivity contribution in [3.63, 3.8) is 0 Å². The van der Waals surface area contributed by atoms with E-state index in [0.29, 0.717) is 32.8 Å². The van der Waals surface area contributed by atoms with Crippen LogP contribution in [0.15, 0.2) is 4.99 Å². The third kappa shape index (κ3) is 11.0. The first-order chi connectivity index (χ1) is 8.20. The topological polar surface area (TPSA) is 74.8 Å². The third-order valence-corrected chi connectivity index (χ3v) is 1.85. The van der Waals surface area contributed by atoms with Gasteiger partial charge in [0, 0.05) is 33.2 Å². The molecular formula is C11H24N4O2. The smallest absolute Gasteiger partial charge is 0.216 e. The first-order valence-electron chi connectivity index (χ1n) is 6.05. The van der Waals surface area contributed by atoms with Gasteiger partial charge in [-0.3, -0.25) is 9.79 Å². The normalized spacial score (nSPS) is 11.1. The number of rotatable bonds is 8. The highest BCUT2D eigenvalue weighted by Gasteiger charge is 1.96. The maximum Gasteiger partial charge on any atom is 0.216 e. The Balaban J connectivity index is 3.76. The van der Waals surface area contributed by atoms with Gasteiger partial charge in [-0.2, -0.15) is 0 Å². The molecule has 3 N–H and O–H groups in total. The molecule has 0 aromatic heterocycles. The van der Waals surface area contributed by atoms with Gasteiger partial charge in [0.05, 0.1) is 13.2 Å². The average Bonchev–Trinajstić information content (AvgIpc) is 2.29. The predicted molar refractivity (Wildman–Crippen MR) is 69.2 cm³/mol. The number of aliphatic imine (C=N–C) groups is 1. The van der Waals surface area contributed by atoms with Gasteiger partial charge in [0.1, 0.15) is 0 Å². The van der Waals surface area contributed by atoms with Gasteiger partial charge in [-0.1, -0.05) is 0 Å². The molecule has 17 heavy (non-hydrogen) atoms. The molecule has 100 valence electrons. The first kappa shape index (κ1) is 15.7. The Morgan fingerprint density at radius 3 is 2.47 bits per heavy atom. The zero-order valence-corrected chi connectivity index (χ0v) is 11.0. The monoisotopic (exact) mass is 244 g/mol. The summed E-state index contributed by atoms with van der Waals surface area (Å²) in [5, 5.41) is 8.95. The number of hydrogen-bond acceptors (Lipinski definition) is 3. The van der Waals surface area contributed by atoms with Crippen LogP contribution in [0.3, 0.4) is 0 Å². The zero-order valence-electron chi connectivity index (χ0n) is 11.0. The van der Waals surface area contributed by atoms with Crippen LogP contribution >= 0.6 is 0 Å². The van der Waals surface area contributed by atoms with Crippen LogP contribution in [0.25, 0.3) is 0 Å². The quantitative estimate of drug-likeness (QED) is 0.312. The fourth-order valence-corrected chi connectivity index (χ4v) is 1.13. The van der Waals surface area contributed by atoms with Crippen molar-refractivity contribution < 1.29 is 9.53 Å². The average molecular weight is 244 g/mol. The Morgan fingerprint density at radius 1 is 1.18 bits per heavy atom. The fourth-order valence-electron chi connectivity index (χ4n) is 1.13. The van der Waals surface area contributed by atoms with Crippen molar-refractivity contribution in [1.82, 2.24) is 16.0 Å². The van der Waals surface area contributed by atoms with E-state index in [1.54, 1.807) is 0 Å². The van der Waals surface area contributed by atoms with Gasteiger partial charge in [-0.05, 0) is 13.8 Å². The Labute approximate surface area is 103 Å². The fraction of sp³-hybridized carbons (Fsp3) is 0.818. The molecule has 0 spiro atoms. The molecule has 0 rings (SSSR count). The van der Waals surface area contributed by atoms with Crippen LogP contribution in [0.4, 0.5) is 0 Å². The Hall–Kier alpha value is -1.30. The molecule has 1 amide bonds. The highest BCUT2D eigenvalue weighted by Crippen LogP contribution is 1.77. The van der Waals surface area contributed by atoms with Crippen molar-refractivity contribution in [2.45, 2.75) is 20.8 Å². The van der Waals surface area contributed by atoms with Crippen molar-refractivity contribution in [3.8, 4) is 0 Å². The van der Waals surface area contributed by atoms with Crippen molar-refractivity contribution >= 4 is 11.9 Å². The minimum atomic E-state index is -0.0231. The van der Waals surface area contributed by atoms with Crippen LogP contribution in [-0.2, 0) is 9.53 Å². The number of carbonyl (C=O) groups excluding carboxylic acids is 1. The number of nitrogens with one attached hydrogen (secondary N) is 3. The number of nitrogens with zero attached hydrogens (tertiary/aromatic N) is 1. The molecule has 0 aliphatic carbocycles. The molecular weight excluding hydrogens is 220 g/mol. The van der Waals surface area contributed by atoms with E-state index in [-0.39, 0.29) is 5.91 Å². The van der Waals surface area contributed by atoms with Gasteiger partial charge >= 0.3 is 0 Å². The summed E-state index contributed by atoms with van der Waals surface area (Å²) >= 11 is 0. The number of carbonyl (C=O) groups is 1. The SMILES string of the molecule is CCNC(=NCCOCC)NCCNC(C)=O. The van der Waals surface area contributed by atoms with Crippen molar-refractivity contribution in [2.24, 2.45) is 4.99 Å². The minimum Gasteiger partial charge on any atom is -0.380 e. The number of amides is 1. The van der Waals surface area contributed by atoms with Crippen LogP contribution in [0.2, 0.25) is 0 Å². The van der Waals surface area contributed by atoms with E-state index in [2.05, 4.69) is 20.9 Å². The number of guanidine groups is 1. The van der Waals surface area contributed by atoms with Crippen LogP contribution < -0.4 is 16.0 Å². The maximum atomic E-state index is 10.7. The van der Waals surface area contributed by atoms with Gasteiger partial charge in [0.15, 0.2) is 5.96 Å². The molecule has 0 saturated heterocycles. The van der Waals surface area contributed by atoms with Crippen molar-refractivity contribution in [3.05, 3.63) is 0 Å². The molecule has 0 heterocycles. The highest BCUT2D eigenvalue weighted by atomic mass is 16.5. The Morgan fingerprint density at radius 2 is 1.88 bits per heavy atom. The molecule has 0 bridgehead atoms. The summed E-state index contributed by atoms with van der Waals surface area (Å²) in [6, 6.07) is 0. The van der Waals surface area contributed by atoms with E-state index < -0.39 is 0 Å². The lowest BCUT2D eigenvalue weighted by Gasteiger charge is -2.11. The zero-order chi connectivity index (χ0) is 12.9. The molecule has 0 fully saturated rings. The predicted octanol–water partition coefficient (Wildman–Crippen LogP) is -0.286. The summed E-state index contributed by atoms with van der Waals surface area (Å²) in [5.41, 5.74) is 0. The second-order valence-corrected chi connectivity index (χ2v) is 3.37. The summed E-state index contributed by atoms with van der Waals surface area (Å²) in [6.07, 6.45) is 0. The van der Waals surface area contributed by atoms with Crippen molar-refractivity contribution in [2.75, 3.05) is 39.4 Å². The van der Waals surface area contributed by atoms with Crippen LogP contribution in [-0.4, -0.2) is 51.3 Å². The molecule has 0 saturated carbocycles. The molecule has 0 aliphatic rings. The summed E-state index contributed by atoms with van der Waals surface area (Å²) < 4.78 is 5.20. The Bertz CT molecular complexity index is 232. The van der Waals surface area contributed by atoms with E-state index in [9.17, 15) is 4.79 Å². The van der Waals surface area contributed by atoms with Crippen LogP contribution in [0.5, 0.6) is 0 Å². The molecule has 0 unspecified atom stereocenters. The van der Waals surface area contributed by atoms with E-state index in [0.717, 1.165) is 12.5 Å². The summed E-state index contributed by atoms with van der Waals surface area (Å²) in [5.74, 6) is 0.725. The van der Waals surface area contributed by atoms with E-state index >= 15 is 0 Å². The summed E-state index contributed by atoms with van der Waals surface area (Å²) in [7, 11) is 0. The third-order valence-electron chi connectivity index (χ3n) is 1.85. The van der Waals surface area contributed by atoms with E-state index in [1.807, 2.05) is 13.8 Å². The first-order valence-corrected chi connectivity index (χ1v) is 6.05. The van der Waals surface area contributed by atoms with Crippen molar-refractivity contribution in [1.29, 1.82) is 0 Å². The summed E-state index contributed by atoms with van der Waals surface area (Å²) in [6.45, 7) is 9.48. The van der Waals surface area contributed by atoms with Crippen LogP contribution in [0.1, 0.15) is 20.8 Å². The number of ether oxygens (including phenoxy) is 1. The van der Waals surface area contributed by atoms with Gasteiger partial charge in [-0.25, -0.2) is 0 Å². The van der Waals surface area contributed by atoms with Gasteiger partial charge in [0.25, 0.3) is 0 Å². The van der Waals surface area contributed by atoms with Gasteiger partial charge < -0.3 is 20.7 Å². The second-order valence-electron chi connectivity index (χ2n) is 3.37.